The molecule has 0 spiro atoms. The molecule has 0 radical (unpaired) electrons. The molecular formula is C14H16N4O2S. The van der Waals surface area contributed by atoms with E-state index >= 15 is 0 Å². The van der Waals surface area contributed by atoms with Crippen LogP contribution in [0.2, 0.25) is 0 Å². The monoisotopic (exact) mass is 304 g/mol. The molecule has 1 aliphatic rings. The quantitative estimate of drug-likeness (QED) is 0.617. The van der Waals surface area contributed by atoms with Gasteiger partial charge in [-0.2, -0.15) is 0 Å². The number of aromatic nitrogens is 1. The van der Waals surface area contributed by atoms with Crippen LogP contribution in [-0.2, 0) is 12.2 Å². The molecule has 0 amide bonds. The molecule has 1 aliphatic heterocycles. The number of hydrazine groups is 1. The smallest absolute Gasteiger partial charge is 0.261 e. The molecule has 1 atom stereocenters. The van der Waals surface area contributed by atoms with E-state index in [2.05, 4.69) is 16.2 Å². The van der Waals surface area contributed by atoms with Crippen LogP contribution in [0.4, 0.5) is 0 Å². The van der Waals surface area contributed by atoms with Crippen molar-refractivity contribution in [2.75, 3.05) is 0 Å². The number of hydrogen-bond acceptors (Lipinski definition) is 4. The zero-order valence-corrected chi connectivity index (χ0v) is 12.5. The van der Waals surface area contributed by atoms with Gasteiger partial charge in [-0.3, -0.25) is 10.2 Å². The lowest BCUT2D eigenvalue weighted by molar-refractivity contribution is 0.345. The van der Waals surface area contributed by atoms with Crippen LogP contribution in [0.5, 0.6) is 5.75 Å². The van der Waals surface area contributed by atoms with Gasteiger partial charge in [-0.15, -0.1) is 0 Å². The van der Waals surface area contributed by atoms with E-state index in [9.17, 15) is 9.90 Å². The topological polar surface area (TPSA) is 78.3 Å². The van der Waals surface area contributed by atoms with Gasteiger partial charge in [0, 0.05) is 11.9 Å². The fourth-order valence-electron chi connectivity index (χ4n) is 2.75. The Balaban J connectivity index is 2.38. The summed E-state index contributed by atoms with van der Waals surface area (Å²) in [7, 11) is 0. The molecule has 7 heteroatoms. The van der Waals surface area contributed by atoms with Gasteiger partial charge in [-0.05, 0) is 38.2 Å². The lowest BCUT2D eigenvalue weighted by Crippen LogP contribution is -2.49. The van der Waals surface area contributed by atoms with E-state index in [4.69, 9.17) is 12.2 Å². The van der Waals surface area contributed by atoms with Gasteiger partial charge >= 0.3 is 0 Å². The molecule has 2 aromatic rings. The molecule has 4 N–H and O–H groups in total. The van der Waals surface area contributed by atoms with Crippen molar-refractivity contribution in [2.24, 2.45) is 0 Å². The molecule has 110 valence electrons. The number of nitrogens with one attached hydrogen (secondary N) is 3. The second-order valence-corrected chi connectivity index (χ2v) is 5.53. The van der Waals surface area contributed by atoms with Crippen LogP contribution in [0.15, 0.2) is 29.1 Å². The first-order valence-electron chi connectivity index (χ1n) is 6.68. The van der Waals surface area contributed by atoms with Crippen molar-refractivity contribution in [3.05, 3.63) is 40.2 Å². The Labute approximate surface area is 126 Å². The average molecular weight is 304 g/mol. The average Bonchev–Trinajstić information content (AvgIpc) is 2.80. The van der Waals surface area contributed by atoms with Gasteiger partial charge < -0.3 is 15.0 Å². The van der Waals surface area contributed by atoms with Gasteiger partial charge in [-0.25, -0.2) is 5.43 Å². The van der Waals surface area contributed by atoms with E-state index < -0.39 is 5.66 Å². The van der Waals surface area contributed by atoms with Crippen LogP contribution in [0.3, 0.4) is 0 Å². The molecule has 1 saturated heterocycles. The normalized spacial score (nSPS) is 21.3. The summed E-state index contributed by atoms with van der Waals surface area (Å²) < 4.78 is 1.64. The number of thiocarbonyl (C=S) groups is 1. The number of hydrogen-bond donors (Lipinski definition) is 4. The van der Waals surface area contributed by atoms with Crippen molar-refractivity contribution >= 4 is 28.2 Å². The zero-order valence-electron chi connectivity index (χ0n) is 11.7. The van der Waals surface area contributed by atoms with Crippen LogP contribution < -0.4 is 21.7 Å². The predicted octanol–water partition coefficient (Wildman–Crippen LogP) is 0.882. The molecule has 3 rings (SSSR count). The molecule has 6 nitrogen and oxygen atoms in total. The van der Waals surface area contributed by atoms with E-state index in [0.717, 1.165) is 0 Å². The first-order valence-corrected chi connectivity index (χ1v) is 7.09. The summed E-state index contributed by atoms with van der Waals surface area (Å²) in [6.07, 6.45) is 0. The second-order valence-electron chi connectivity index (χ2n) is 5.12. The Kier molecular flexibility index (Phi) is 3.11. The van der Waals surface area contributed by atoms with E-state index in [1.54, 1.807) is 17.6 Å². The Bertz CT molecular complexity index is 801. The number of pyridine rings is 1. The first kappa shape index (κ1) is 13.8. The van der Waals surface area contributed by atoms with Gasteiger partial charge in [-0.1, -0.05) is 12.1 Å². The highest BCUT2D eigenvalue weighted by Crippen LogP contribution is 2.32. The van der Waals surface area contributed by atoms with E-state index in [-0.39, 0.29) is 16.9 Å². The highest BCUT2D eigenvalue weighted by molar-refractivity contribution is 7.80. The third-order valence-electron chi connectivity index (χ3n) is 3.75. The van der Waals surface area contributed by atoms with E-state index in [0.29, 0.717) is 22.6 Å². The summed E-state index contributed by atoms with van der Waals surface area (Å²) in [5.74, 6) is -0.0331. The number of benzene rings is 1. The minimum Gasteiger partial charge on any atom is -0.507 e. The van der Waals surface area contributed by atoms with E-state index in [1.807, 2.05) is 25.1 Å². The fraction of sp³-hybridized carbons (Fsp3) is 0.286. The fourth-order valence-corrected chi connectivity index (χ4v) is 3.01. The van der Waals surface area contributed by atoms with Gasteiger partial charge in [0.05, 0.1) is 5.52 Å². The molecule has 1 fully saturated rings. The van der Waals surface area contributed by atoms with Crippen molar-refractivity contribution in [1.82, 2.24) is 20.7 Å². The summed E-state index contributed by atoms with van der Waals surface area (Å²) in [4.78, 5) is 12.8. The van der Waals surface area contributed by atoms with Crippen molar-refractivity contribution in [3.8, 4) is 5.75 Å². The maximum absolute atomic E-state index is 12.8. The van der Waals surface area contributed by atoms with Gasteiger partial charge in [0.25, 0.3) is 5.56 Å². The molecule has 1 aromatic carbocycles. The summed E-state index contributed by atoms with van der Waals surface area (Å²) in [6, 6.07) is 7.29. The highest BCUT2D eigenvalue weighted by Gasteiger charge is 2.38. The molecule has 2 heterocycles. The molecule has 1 unspecified atom stereocenters. The molecule has 0 saturated carbocycles. The summed E-state index contributed by atoms with van der Waals surface area (Å²) in [6.45, 7) is 4.17. The third kappa shape index (κ3) is 1.97. The largest absolute Gasteiger partial charge is 0.507 e. The second kappa shape index (κ2) is 4.71. The standard InChI is InChI=1S/C14H16N4O2S/c1-3-18-9-7-5-4-6-8(9)11(19)10(12(18)20)14(2)15-13(21)16-17-14/h4-7,17,19H,3H2,1-2H3,(H2,15,16,21). The number of fused-ring (bicyclic) bond motifs is 1. The predicted molar refractivity (Wildman–Crippen MR) is 84.9 cm³/mol. The maximum atomic E-state index is 12.8. The van der Waals surface area contributed by atoms with Crippen LogP contribution in [-0.4, -0.2) is 14.8 Å². The molecule has 21 heavy (non-hydrogen) atoms. The maximum Gasteiger partial charge on any atom is 0.261 e. The summed E-state index contributed by atoms with van der Waals surface area (Å²) in [5, 5.41) is 14.6. The molecule has 0 aliphatic carbocycles. The number of para-hydroxylation sites is 1. The zero-order chi connectivity index (χ0) is 15.2. The summed E-state index contributed by atoms with van der Waals surface area (Å²) >= 11 is 5.04. The van der Waals surface area contributed by atoms with Crippen LogP contribution in [0, 0.1) is 0 Å². The van der Waals surface area contributed by atoms with Gasteiger partial charge in [0.1, 0.15) is 17.0 Å². The Hall–Kier alpha value is -2.12. The number of rotatable bonds is 2. The minimum absolute atomic E-state index is 0.0331. The Morgan fingerprint density at radius 3 is 2.71 bits per heavy atom. The van der Waals surface area contributed by atoms with E-state index in [1.165, 1.54) is 0 Å². The van der Waals surface area contributed by atoms with Crippen molar-refractivity contribution < 1.29 is 5.11 Å². The van der Waals surface area contributed by atoms with Gasteiger partial charge in [0.15, 0.2) is 5.11 Å². The first-order chi connectivity index (χ1) is 9.98. The van der Waals surface area contributed by atoms with Crippen molar-refractivity contribution in [3.63, 3.8) is 0 Å². The van der Waals surface area contributed by atoms with Crippen molar-refractivity contribution in [2.45, 2.75) is 26.1 Å². The van der Waals surface area contributed by atoms with Crippen LogP contribution in [0.1, 0.15) is 19.4 Å². The van der Waals surface area contributed by atoms with Gasteiger partial charge in [0.2, 0.25) is 0 Å². The highest BCUT2D eigenvalue weighted by atomic mass is 32.1. The lowest BCUT2D eigenvalue weighted by atomic mass is 10.00. The molecule has 0 bridgehead atoms. The van der Waals surface area contributed by atoms with Crippen molar-refractivity contribution in [1.29, 1.82) is 0 Å². The number of aromatic hydroxyl groups is 1. The third-order valence-corrected chi connectivity index (χ3v) is 3.96. The minimum atomic E-state index is -0.959. The Morgan fingerprint density at radius 2 is 2.10 bits per heavy atom. The molecular weight excluding hydrogens is 288 g/mol. The number of nitrogens with zero attached hydrogens (tertiary/aromatic N) is 1. The summed E-state index contributed by atoms with van der Waals surface area (Å²) in [5.41, 5.74) is 5.43. The number of aryl methyl sites for hydroxylation is 1. The lowest BCUT2D eigenvalue weighted by Gasteiger charge is -2.26. The van der Waals surface area contributed by atoms with Crippen LogP contribution >= 0.6 is 12.2 Å². The molecule has 1 aromatic heterocycles. The van der Waals surface area contributed by atoms with Crippen LogP contribution in [0.25, 0.3) is 10.9 Å². The Morgan fingerprint density at radius 1 is 1.38 bits per heavy atom. The SMILES string of the molecule is CCn1c(=O)c(C2(C)NNC(=S)N2)c(O)c2ccccc21.